The molecule has 0 amide bonds. The Morgan fingerprint density at radius 2 is 1.95 bits per heavy atom. The molecule has 0 fully saturated rings. The molecule has 0 radical (unpaired) electrons. The van der Waals surface area contributed by atoms with E-state index in [9.17, 15) is 13.6 Å². The predicted octanol–water partition coefficient (Wildman–Crippen LogP) is 4.29. The Kier molecular flexibility index (Phi) is 4.68. The van der Waals surface area contributed by atoms with Gasteiger partial charge in [-0.25, -0.2) is 8.78 Å². The van der Waals surface area contributed by atoms with E-state index in [-0.39, 0.29) is 11.1 Å². The molecule has 0 saturated carbocycles. The van der Waals surface area contributed by atoms with Gasteiger partial charge in [-0.3, -0.25) is 4.79 Å². The summed E-state index contributed by atoms with van der Waals surface area (Å²) in [5, 5.41) is 0. The molecule has 21 heavy (non-hydrogen) atoms. The van der Waals surface area contributed by atoms with Crippen LogP contribution in [0.25, 0.3) is 0 Å². The quantitative estimate of drug-likeness (QED) is 0.768. The predicted molar refractivity (Wildman–Crippen MR) is 76.8 cm³/mol. The van der Waals surface area contributed by atoms with Crippen molar-refractivity contribution in [2.45, 2.75) is 20.3 Å². The van der Waals surface area contributed by atoms with Crippen LogP contribution in [0.2, 0.25) is 0 Å². The van der Waals surface area contributed by atoms with Gasteiger partial charge in [-0.1, -0.05) is 25.1 Å². The Labute approximate surface area is 122 Å². The van der Waals surface area contributed by atoms with Crippen LogP contribution in [0.3, 0.4) is 0 Å². The highest BCUT2D eigenvalue weighted by atomic mass is 19.1. The van der Waals surface area contributed by atoms with E-state index in [2.05, 4.69) is 0 Å². The second kappa shape index (κ2) is 6.48. The van der Waals surface area contributed by atoms with Crippen molar-refractivity contribution >= 4 is 5.78 Å². The molecule has 2 nitrogen and oxygen atoms in total. The molecular formula is C17H16F2O2. The smallest absolute Gasteiger partial charge is 0.199 e. The van der Waals surface area contributed by atoms with Gasteiger partial charge in [0.1, 0.15) is 17.4 Å². The monoisotopic (exact) mass is 290 g/mol. The number of ether oxygens (including phenoxy) is 1. The standard InChI is InChI=1S/C17H16F2O2/c1-3-9-21-13-6-4-5-12(10-13)17(20)15-14(18)8-7-11(2)16(15)19/h4-8,10H,3,9H2,1-2H3. The van der Waals surface area contributed by atoms with E-state index in [1.54, 1.807) is 12.1 Å². The lowest BCUT2D eigenvalue weighted by Crippen LogP contribution is -2.09. The third-order valence-corrected chi connectivity index (χ3v) is 3.08. The van der Waals surface area contributed by atoms with Crippen LogP contribution in [0.5, 0.6) is 5.75 Å². The van der Waals surface area contributed by atoms with Crippen LogP contribution in [0.4, 0.5) is 8.78 Å². The third-order valence-electron chi connectivity index (χ3n) is 3.08. The second-order valence-electron chi connectivity index (χ2n) is 4.76. The molecule has 2 aromatic carbocycles. The molecule has 0 spiro atoms. The summed E-state index contributed by atoms with van der Waals surface area (Å²) in [6, 6.07) is 8.76. The third kappa shape index (κ3) is 3.27. The maximum absolute atomic E-state index is 14.0. The molecule has 0 heterocycles. The average molecular weight is 290 g/mol. The summed E-state index contributed by atoms with van der Waals surface area (Å²) in [5.74, 6) is -1.85. The van der Waals surface area contributed by atoms with Gasteiger partial charge in [-0.2, -0.15) is 0 Å². The molecule has 0 atom stereocenters. The number of ketones is 1. The van der Waals surface area contributed by atoms with E-state index < -0.39 is 23.0 Å². The molecule has 0 aliphatic heterocycles. The van der Waals surface area contributed by atoms with Crippen molar-refractivity contribution in [3.05, 3.63) is 64.7 Å². The molecular weight excluding hydrogens is 274 g/mol. The largest absolute Gasteiger partial charge is 0.494 e. The van der Waals surface area contributed by atoms with E-state index in [0.717, 1.165) is 12.5 Å². The van der Waals surface area contributed by atoms with Gasteiger partial charge in [0.05, 0.1) is 12.2 Å². The summed E-state index contributed by atoms with van der Waals surface area (Å²) in [6.45, 7) is 3.98. The Morgan fingerprint density at radius 1 is 1.19 bits per heavy atom. The van der Waals surface area contributed by atoms with Crippen LogP contribution in [0, 0.1) is 18.6 Å². The molecule has 0 unspecified atom stereocenters. The van der Waals surface area contributed by atoms with Gasteiger partial charge < -0.3 is 4.74 Å². The number of aryl methyl sites for hydroxylation is 1. The summed E-state index contributed by atoms with van der Waals surface area (Å²) >= 11 is 0. The van der Waals surface area contributed by atoms with Crippen LogP contribution in [-0.2, 0) is 0 Å². The summed E-state index contributed by atoms with van der Waals surface area (Å²) in [7, 11) is 0. The molecule has 2 rings (SSSR count). The highest BCUT2D eigenvalue weighted by molar-refractivity contribution is 6.09. The molecule has 0 bridgehead atoms. The fourth-order valence-corrected chi connectivity index (χ4v) is 1.96. The average Bonchev–Trinajstić information content (AvgIpc) is 2.49. The summed E-state index contributed by atoms with van der Waals surface area (Å²) in [6.07, 6.45) is 0.833. The van der Waals surface area contributed by atoms with Gasteiger partial charge in [0.15, 0.2) is 5.78 Å². The van der Waals surface area contributed by atoms with Crippen LogP contribution < -0.4 is 4.74 Å². The van der Waals surface area contributed by atoms with Gasteiger partial charge in [0.2, 0.25) is 0 Å². The fourth-order valence-electron chi connectivity index (χ4n) is 1.96. The highest BCUT2D eigenvalue weighted by Gasteiger charge is 2.20. The van der Waals surface area contributed by atoms with Gasteiger partial charge in [0.25, 0.3) is 0 Å². The number of hydrogen-bond donors (Lipinski definition) is 0. The summed E-state index contributed by atoms with van der Waals surface area (Å²) in [4.78, 5) is 12.3. The molecule has 4 heteroatoms. The van der Waals surface area contributed by atoms with Crippen LogP contribution in [0.1, 0.15) is 34.8 Å². The van der Waals surface area contributed by atoms with Crippen molar-refractivity contribution < 1.29 is 18.3 Å². The Morgan fingerprint density at radius 3 is 2.67 bits per heavy atom. The van der Waals surface area contributed by atoms with Gasteiger partial charge in [0, 0.05) is 5.56 Å². The van der Waals surface area contributed by atoms with Crippen LogP contribution >= 0.6 is 0 Å². The number of rotatable bonds is 5. The minimum Gasteiger partial charge on any atom is -0.494 e. The fraction of sp³-hybridized carbons (Fsp3) is 0.235. The molecule has 2 aromatic rings. The number of carbonyl (C=O) groups excluding carboxylic acids is 1. The first-order valence-corrected chi connectivity index (χ1v) is 6.76. The van der Waals surface area contributed by atoms with E-state index >= 15 is 0 Å². The molecule has 110 valence electrons. The van der Waals surface area contributed by atoms with Crippen molar-refractivity contribution in [3.63, 3.8) is 0 Å². The van der Waals surface area contributed by atoms with E-state index in [1.807, 2.05) is 6.92 Å². The zero-order valence-corrected chi connectivity index (χ0v) is 12.0. The van der Waals surface area contributed by atoms with Crippen LogP contribution in [0.15, 0.2) is 36.4 Å². The number of hydrogen-bond acceptors (Lipinski definition) is 2. The molecule has 0 aliphatic rings. The van der Waals surface area contributed by atoms with Crippen molar-refractivity contribution in [3.8, 4) is 5.75 Å². The highest BCUT2D eigenvalue weighted by Crippen LogP contribution is 2.22. The maximum Gasteiger partial charge on any atom is 0.199 e. The van der Waals surface area contributed by atoms with Crippen molar-refractivity contribution in [2.75, 3.05) is 6.61 Å². The minimum absolute atomic E-state index is 0.201. The second-order valence-corrected chi connectivity index (χ2v) is 4.76. The Hall–Kier alpha value is -2.23. The summed E-state index contributed by atoms with van der Waals surface area (Å²) in [5.41, 5.74) is -0.0900. The first-order chi connectivity index (χ1) is 10.0. The zero-order chi connectivity index (χ0) is 15.4. The molecule has 0 N–H and O–H groups in total. The van der Waals surface area contributed by atoms with Crippen molar-refractivity contribution in [2.24, 2.45) is 0 Å². The van der Waals surface area contributed by atoms with E-state index in [1.165, 1.54) is 25.1 Å². The number of benzene rings is 2. The van der Waals surface area contributed by atoms with E-state index in [4.69, 9.17) is 4.74 Å². The van der Waals surface area contributed by atoms with Crippen LogP contribution in [-0.4, -0.2) is 12.4 Å². The Balaban J connectivity index is 2.39. The van der Waals surface area contributed by atoms with E-state index in [0.29, 0.717) is 12.4 Å². The molecule has 0 aromatic heterocycles. The lowest BCUT2D eigenvalue weighted by molar-refractivity contribution is 0.103. The SMILES string of the molecule is CCCOc1cccc(C(=O)c2c(F)ccc(C)c2F)c1. The topological polar surface area (TPSA) is 26.3 Å². The lowest BCUT2D eigenvalue weighted by atomic mass is 10.00. The maximum atomic E-state index is 14.0. The Bertz CT molecular complexity index is 666. The minimum atomic E-state index is -0.858. The molecule has 0 aliphatic carbocycles. The zero-order valence-electron chi connectivity index (χ0n) is 12.0. The number of halogens is 2. The summed E-state index contributed by atoms with van der Waals surface area (Å²) < 4.78 is 33.2. The number of carbonyl (C=O) groups is 1. The first-order valence-electron chi connectivity index (χ1n) is 6.76. The lowest BCUT2D eigenvalue weighted by Gasteiger charge is -2.09. The van der Waals surface area contributed by atoms with Gasteiger partial charge in [-0.15, -0.1) is 0 Å². The van der Waals surface area contributed by atoms with Crippen molar-refractivity contribution in [1.82, 2.24) is 0 Å². The molecule has 0 saturated heterocycles. The van der Waals surface area contributed by atoms with Gasteiger partial charge >= 0.3 is 0 Å². The first kappa shape index (κ1) is 15.2. The van der Waals surface area contributed by atoms with Crippen molar-refractivity contribution in [1.29, 1.82) is 0 Å². The van der Waals surface area contributed by atoms with Gasteiger partial charge in [-0.05, 0) is 37.1 Å². The normalized spacial score (nSPS) is 10.5.